The Morgan fingerprint density at radius 1 is 1.19 bits per heavy atom. The molecule has 0 aliphatic rings. The Morgan fingerprint density at radius 3 is 2.06 bits per heavy atom. The smallest absolute Gasteiger partial charge is 0.0681 e. The third-order valence-electron chi connectivity index (χ3n) is 2.61. The molecule has 0 fully saturated rings. The second-order valence-corrected chi connectivity index (χ2v) is 3.54. The molecule has 0 heterocycles. The van der Waals surface area contributed by atoms with E-state index in [1.54, 1.807) is 18.2 Å². The van der Waals surface area contributed by atoms with Gasteiger partial charge in [0.25, 0.3) is 0 Å². The van der Waals surface area contributed by atoms with Crippen LogP contribution in [0.25, 0.3) is 0 Å². The standard InChI is InChI=1S/C12H12O4/c1-8(10(13)14)12(2,11(15)16)9-6-4-3-5-7-9/h3-7H,1H2,2H3,(H,13,14)(H,15,16)/p-2. The Morgan fingerprint density at radius 2 is 1.69 bits per heavy atom. The van der Waals surface area contributed by atoms with Crippen molar-refractivity contribution in [3.63, 3.8) is 0 Å². The van der Waals surface area contributed by atoms with Crippen LogP contribution in [-0.2, 0) is 15.0 Å². The summed E-state index contributed by atoms with van der Waals surface area (Å²) in [4.78, 5) is 21.8. The summed E-state index contributed by atoms with van der Waals surface area (Å²) in [5.41, 5.74) is -2.01. The fourth-order valence-electron chi connectivity index (χ4n) is 1.39. The van der Waals surface area contributed by atoms with Gasteiger partial charge in [-0.3, -0.25) is 0 Å². The van der Waals surface area contributed by atoms with Crippen LogP contribution in [0.2, 0.25) is 0 Å². The number of benzene rings is 1. The summed E-state index contributed by atoms with van der Waals surface area (Å²) in [7, 11) is 0. The van der Waals surface area contributed by atoms with E-state index in [4.69, 9.17) is 0 Å². The van der Waals surface area contributed by atoms with Gasteiger partial charge >= 0.3 is 0 Å². The van der Waals surface area contributed by atoms with Crippen molar-refractivity contribution in [1.29, 1.82) is 0 Å². The number of hydrogen-bond donors (Lipinski definition) is 0. The highest BCUT2D eigenvalue weighted by molar-refractivity contribution is 5.98. The molecule has 0 radical (unpaired) electrons. The monoisotopic (exact) mass is 218 g/mol. The number of aliphatic carboxylic acids is 2. The predicted octanol–water partition coefficient (Wildman–Crippen LogP) is -1.000. The van der Waals surface area contributed by atoms with Gasteiger partial charge in [-0.2, -0.15) is 0 Å². The lowest BCUT2D eigenvalue weighted by Gasteiger charge is -2.33. The molecule has 0 aliphatic heterocycles. The lowest BCUT2D eigenvalue weighted by molar-refractivity contribution is -0.316. The first-order valence-electron chi connectivity index (χ1n) is 4.58. The van der Waals surface area contributed by atoms with Gasteiger partial charge in [0.2, 0.25) is 0 Å². The molecule has 0 bridgehead atoms. The Labute approximate surface area is 92.8 Å². The summed E-state index contributed by atoms with van der Waals surface area (Å²) in [6.07, 6.45) is 0. The van der Waals surface area contributed by atoms with E-state index in [2.05, 4.69) is 6.58 Å². The SMILES string of the molecule is C=C(C(=O)[O-])C(C)(C(=O)[O-])c1ccccc1. The first kappa shape index (κ1) is 12.0. The molecule has 0 saturated carbocycles. The van der Waals surface area contributed by atoms with Gasteiger partial charge < -0.3 is 19.8 Å². The van der Waals surface area contributed by atoms with E-state index in [-0.39, 0.29) is 0 Å². The van der Waals surface area contributed by atoms with Crippen molar-refractivity contribution < 1.29 is 19.8 Å². The maximum atomic E-state index is 11.1. The third kappa shape index (κ3) is 1.82. The van der Waals surface area contributed by atoms with Gasteiger partial charge in [-0.05, 0) is 18.1 Å². The summed E-state index contributed by atoms with van der Waals surface area (Å²) in [5.74, 6) is -3.12. The highest BCUT2D eigenvalue weighted by atomic mass is 16.4. The molecule has 0 aliphatic carbocycles. The lowest BCUT2D eigenvalue weighted by Crippen LogP contribution is -2.48. The van der Waals surface area contributed by atoms with E-state index in [1.165, 1.54) is 19.1 Å². The van der Waals surface area contributed by atoms with Crippen molar-refractivity contribution in [2.75, 3.05) is 0 Å². The number of rotatable bonds is 4. The molecule has 0 amide bonds. The molecule has 84 valence electrons. The fourth-order valence-corrected chi connectivity index (χ4v) is 1.39. The number of carbonyl (C=O) groups excluding carboxylic acids is 2. The van der Waals surface area contributed by atoms with Crippen LogP contribution in [-0.4, -0.2) is 11.9 Å². The van der Waals surface area contributed by atoms with Gasteiger partial charge in [0.15, 0.2) is 0 Å². The second kappa shape index (κ2) is 4.18. The van der Waals surface area contributed by atoms with Crippen LogP contribution in [0.5, 0.6) is 0 Å². The molecule has 4 nitrogen and oxygen atoms in total. The Kier molecular flexibility index (Phi) is 3.13. The van der Waals surface area contributed by atoms with Crippen molar-refractivity contribution in [3.05, 3.63) is 48.0 Å². The van der Waals surface area contributed by atoms with Crippen molar-refractivity contribution in [2.45, 2.75) is 12.3 Å². The molecule has 16 heavy (non-hydrogen) atoms. The van der Waals surface area contributed by atoms with Crippen LogP contribution in [0.3, 0.4) is 0 Å². The van der Waals surface area contributed by atoms with Gasteiger partial charge in [-0.1, -0.05) is 36.9 Å². The molecule has 1 unspecified atom stereocenters. The van der Waals surface area contributed by atoms with E-state index < -0.39 is 22.9 Å². The van der Waals surface area contributed by atoms with Gasteiger partial charge in [-0.15, -0.1) is 0 Å². The van der Waals surface area contributed by atoms with E-state index in [9.17, 15) is 19.8 Å². The Hall–Kier alpha value is -2.10. The Bertz CT molecular complexity index is 436. The molecule has 1 rings (SSSR count). The van der Waals surface area contributed by atoms with E-state index >= 15 is 0 Å². The topological polar surface area (TPSA) is 80.3 Å². The van der Waals surface area contributed by atoms with Crippen molar-refractivity contribution in [2.24, 2.45) is 0 Å². The maximum Gasteiger partial charge on any atom is 0.0681 e. The molecule has 0 saturated heterocycles. The van der Waals surface area contributed by atoms with Crippen LogP contribution in [0.1, 0.15) is 12.5 Å². The van der Waals surface area contributed by atoms with Crippen molar-refractivity contribution in [1.82, 2.24) is 0 Å². The fraction of sp³-hybridized carbons (Fsp3) is 0.167. The van der Waals surface area contributed by atoms with Crippen LogP contribution in [0.4, 0.5) is 0 Å². The first-order valence-corrected chi connectivity index (χ1v) is 4.58. The van der Waals surface area contributed by atoms with Crippen molar-refractivity contribution in [3.8, 4) is 0 Å². The van der Waals surface area contributed by atoms with Crippen LogP contribution in [0.15, 0.2) is 42.5 Å². The van der Waals surface area contributed by atoms with Gasteiger partial charge in [-0.25, -0.2) is 0 Å². The molecule has 1 aromatic rings. The van der Waals surface area contributed by atoms with Crippen LogP contribution >= 0.6 is 0 Å². The average Bonchev–Trinajstić information content (AvgIpc) is 2.27. The molecular formula is C12H10O4-2. The van der Waals surface area contributed by atoms with Gasteiger partial charge in [0.1, 0.15) is 0 Å². The molecule has 1 atom stereocenters. The first-order chi connectivity index (χ1) is 7.40. The normalized spacial score (nSPS) is 13.8. The summed E-state index contributed by atoms with van der Waals surface area (Å²) < 4.78 is 0. The molecular weight excluding hydrogens is 208 g/mol. The van der Waals surface area contributed by atoms with E-state index in [0.29, 0.717) is 5.56 Å². The van der Waals surface area contributed by atoms with E-state index in [0.717, 1.165) is 0 Å². The lowest BCUT2D eigenvalue weighted by atomic mass is 9.76. The van der Waals surface area contributed by atoms with Crippen LogP contribution < -0.4 is 10.2 Å². The summed E-state index contributed by atoms with van der Waals surface area (Å²) in [5, 5.41) is 21.8. The number of carboxylic acid groups (broad SMARTS) is 2. The summed E-state index contributed by atoms with van der Waals surface area (Å²) >= 11 is 0. The van der Waals surface area contributed by atoms with Gasteiger partial charge in [0, 0.05) is 0 Å². The highest BCUT2D eigenvalue weighted by Gasteiger charge is 2.32. The minimum Gasteiger partial charge on any atom is -0.549 e. The zero-order chi connectivity index (χ0) is 12.3. The van der Waals surface area contributed by atoms with Crippen LogP contribution in [0, 0.1) is 0 Å². The second-order valence-electron chi connectivity index (χ2n) is 3.54. The minimum absolute atomic E-state index is 0.296. The maximum absolute atomic E-state index is 11.1. The predicted molar refractivity (Wildman–Crippen MR) is 52.9 cm³/mol. The van der Waals surface area contributed by atoms with Gasteiger partial charge in [0.05, 0.1) is 17.4 Å². The zero-order valence-electron chi connectivity index (χ0n) is 8.73. The number of carbonyl (C=O) groups is 2. The number of hydrogen-bond acceptors (Lipinski definition) is 4. The van der Waals surface area contributed by atoms with E-state index in [1.807, 2.05) is 0 Å². The number of carboxylic acids is 2. The summed E-state index contributed by atoms with van der Waals surface area (Å²) in [6, 6.07) is 7.92. The quantitative estimate of drug-likeness (QED) is 0.607. The molecule has 0 aromatic heterocycles. The Balaban J connectivity index is 3.34. The third-order valence-corrected chi connectivity index (χ3v) is 2.61. The average molecular weight is 218 g/mol. The van der Waals surface area contributed by atoms with Crippen molar-refractivity contribution >= 4 is 11.9 Å². The summed E-state index contributed by atoms with van der Waals surface area (Å²) in [6.45, 7) is 4.47. The molecule has 0 spiro atoms. The molecule has 0 N–H and O–H groups in total. The minimum atomic E-state index is -1.78. The zero-order valence-corrected chi connectivity index (χ0v) is 8.73. The largest absolute Gasteiger partial charge is 0.549 e. The molecule has 4 heteroatoms. The molecule has 1 aromatic carbocycles. The highest BCUT2D eigenvalue weighted by Crippen LogP contribution is 2.30.